The second kappa shape index (κ2) is 5.03. The minimum absolute atomic E-state index is 0.0512. The van der Waals surface area contributed by atoms with E-state index in [2.05, 4.69) is 0 Å². The van der Waals surface area contributed by atoms with Gasteiger partial charge in [0.2, 0.25) is 0 Å². The lowest BCUT2D eigenvalue weighted by molar-refractivity contribution is 0.0197. The molecule has 0 saturated heterocycles. The van der Waals surface area contributed by atoms with Crippen LogP contribution in [-0.2, 0) is 13.0 Å². The number of hydrogen-bond donors (Lipinski definition) is 2. The smallest absolute Gasteiger partial charge is 0.150 e. The minimum Gasteiger partial charge on any atom is -0.483 e. The fourth-order valence-corrected chi connectivity index (χ4v) is 2.56. The fraction of sp³-hybridized carbons (Fsp3) is 0.250. The van der Waals surface area contributed by atoms with Crippen molar-refractivity contribution >= 4 is 0 Å². The van der Waals surface area contributed by atoms with Gasteiger partial charge in [-0.2, -0.15) is 0 Å². The van der Waals surface area contributed by atoms with Gasteiger partial charge < -0.3 is 14.9 Å². The zero-order chi connectivity index (χ0) is 13.2. The van der Waals surface area contributed by atoms with Crippen LogP contribution in [0, 0.1) is 0 Å². The van der Waals surface area contributed by atoms with Crippen molar-refractivity contribution in [3.05, 3.63) is 65.2 Å². The first kappa shape index (κ1) is 12.2. The van der Waals surface area contributed by atoms with Crippen molar-refractivity contribution in [1.82, 2.24) is 0 Å². The van der Waals surface area contributed by atoms with Gasteiger partial charge in [0, 0.05) is 12.0 Å². The predicted octanol–water partition coefficient (Wildman–Crippen LogP) is 2.22. The van der Waals surface area contributed by atoms with E-state index in [1.54, 1.807) is 0 Å². The highest BCUT2D eigenvalue weighted by Gasteiger charge is 2.30. The Bertz CT molecular complexity index is 580. The SMILES string of the molecule is OCc1ccccc1C1Oc2ccccc2CC1O. The molecule has 0 saturated carbocycles. The Labute approximate surface area is 112 Å². The van der Waals surface area contributed by atoms with Crippen LogP contribution in [0.2, 0.25) is 0 Å². The van der Waals surface area contributed by atoms with Gasteiger partial charge in [0.1, 0.15) is 5.75 Å². The molecule has 2 N–H and O–H groups in total. The van der Waals surface area contributed by atoms with E-state index in [1.807, 2.05) is 48.5 Å². The summed E-state index contributed by atoms with van der Waals surface area (Å²) in [4.78, 5) is 0. The Hall–Kier alpha value is -1.84. The van der Waals surface area contributed by atoms with E-state index in [1.165, 1.54) is 0 Å². The molecular weight excluding hydrogens is 240 g/mol. The van der Waals surface area contributed by atoms with Gasteiger partial charge >= 0.3 is 0 Å². The molecule has 2 unspecified atom stereocenters. The van der Waals surface area contributed by atoms with Crippen LogP contribution in [0.5, 0.6) is 5.75 Å². The standard InChI is InChI=1S/C16H16O3/c17-10-12-6-1-3-7-13(12)16-14(18)9-11-5-2-4-8-15(11)19-16/h1-8,14,16-18H,9-10H2. The summed E-state index contributed by atoms with van der Waals surface area (Å²) in [6, 6.07) is 15.3. The first-order valence-corrected chi connectivity index (χ1v) is 6.41. The van der Waals surface area contributed by atoms with Crippen LogP contribution in [0.4, 0.5) is 0 Å². The molecule has 2 aromatic rings. The average Bonchev–Trinajstić information content (AvgIpc) is 2.46. The number of para-hydroxylation sites is 1. The predicted molar refractivity (Wildman–Crippen MR) is 71.9 cm³/mol. The van der Waals surface area contributed by atoms with Crippen LogP contribution in [0.1, 0.15) is 22.8 Å². The molecule has 1 aliphatic rings. The largest absolute Gasteiger partial charge is 0.483 e. The lowest BCUT2D eigenvalue weighted by atomic mass is 9.92. The van der Waals surface area contributed by atoms with Crippen LogP contribution in [0.25, 0.3) is 0 Å². The van der Waals surface area contributed by atoms with E-state index in [-0.39, 0.29) is 6.61 Å². The van der Waals surface area contributed by atoms with Crippen molar-refractivity contribution in [3.8, 4) is 5.75 Å². The molecule has 0 amide bonds. The zero-order valence-electron chi connectivity index (χ0n) is 10.5. The third-order valence-corrected chi connectivity index (χ3v) is 3.54. The number of benzene rings is 2. The quantitative estimate of drug-likeness (QED) is 0.866. The monoisotopic (exact) mass is 256 g/mol. The Morgan fingerprint density at radius 3 is 2.63 bits per heavy atom. The summed E-state index contributed by atoms with van der Waals surface area (Å²) in [7, 11) is 0. The van der Waals surface area contributed by atoms with E-state index in [4.69, 9.17) is 4.74 Å². The number of aliphatic hydroxyl groups excluding tert-OH is 2. The Balaban J connectivity index is 1.98. The first-order valence-electron chi connectivity index (χ1n) is 6.41. The Kier molecular flexibility index (Phi) is 3.23. The van der Waals surface area contributed by atoms with E-state index >= 15 is 0 Å². The van der Waals surface area contributed by atoms with Crippen LogP contribution in [0.3, 0.4) is 0 Å². The van der Waals surface area contributed by atoms with Crippen LogP contribution in [0.15, 0.2) is 48.5 Å². The number of aliphatic hydroxyl groups is 2. The number of ether oxygens (including phenoxy) is 1. The molecular formula is C16H16O3. The van der Waals surface area contributed by atoms with E-state index in [0.29, 0.717) is 6.42 Å². The summed E-state index contributed by atoms with van der Waals surface area (Å²) in [6.07, 6.45) is -0.443. The van der Waals surface area contributed by atoms with Crippen molar-refractivity contribution < 1.29 is 14.9 Å². The molecule has 2 aromatic carbocycles. The molecule has 3 rings (SSSR count). The highest BCUT2D eigenvalue weighted by atomic mass is 16.5. The minimum atomic E-state index is -0.595. The van der Waals surface area contributed by atoms with Gasteiger partial charge in [-0.05, 0) is 17.2 Å². The van der Waals surface area contributed by atoms with Crippen LogP contribution >= 0.6 is 0 Å². The molecule has 19 heavy (non-hydrogen) atoms. The molecule has 1 aliphatic heterocycles. The number of hydrogen-bond acceptors (Lipinski definition) is 3. The zero-order valence-corrected chi connectivity index (χ0v) is 10.5. The maximum atomic E-state index is 10.3. The van der Waals surface area contributed by atoms with E-state index < -0.39 is 12.2 Å². The van der Waals surface area contributed by atoms with Gasteiger partial charge in [-0.1, -0.05) is 42.5 Å². The summed E-state index contributed by atoms with van der Waals surface area (Å²) in [5.74, 6) is 0.811. The van der Waals surface area contributed by atoms with Crippen molar-refractivity contribution in [2.75, 3.05) is 0 Å². The third kappa shape index (κ3) is 2.23. The molecule has 0 bridgehead atoms. The Morgan fingerprint density at radius 2 is 1.79 bits per heavy atom. The van der Waals surface area contributed by atoms with Crippen molar-refractivity contribution in [3.63, 3.8) is 0 Å². The topological polar surface area (TPSA) is 49.7 Å². The molecule has 0 radical (unpaired) electrons. The van der Waals surface area contributed by atoms with Crippen molar-refractivity contribution in [2.24, 2.45) is 0 Å². The van der Waals surface area contributed by atoms with Gasteiger partial charge in [0.15, 0.2) is 6.10 Å². The lowest BCUT2D eigenvalue weighted by Gasteiger charge is -2.31. The summed E-state index contributed by atoms with van der Waals surface area (Å²) < 4.78 is 5.91. The summed E-state index contributed by atoms with van der Waals surface area (Å²) in [6.45, 7) is -0.0512. The maximum Gasteiger partial charge on any atom is 0.150 e. The van der Waals surface area contributed by atoms with Crippen molar-refractivity contribution in [2.45, 2.75) is 25.2 Å². The second-order valence-corrected chi connectivity index (χ2v) is 4.77. The highest BCUT2D eigenvalue weighted by molar-refractivity contribution is 5.39. The normalized spacial score (nSPS) is 21.6. The van der Waals surface area contributed by atoms with E-state index in [0.717, 1.165) is 22.4 Å². The Morgan fingerprint density at radius 1 is 1.05 bits per heavy atom. The molecule has 0 aromatic heterocycles. The molecule has 98 valence electrons. The van der Waals surface area contributed by atoms with Gasteiger partial charge in [-0.3, -0.25) is 0 Å². The summed E-state index contributed by atoms with van der Waals surface area (Å²) >= 11 is 0. The number of rotatable bonds is 2. The fourth-order valence-electron chi connectivity index (χ4n) is 2.56. The molecule has 0 spiro atoms. The average molecular weight is 256 g/mol. The molecule has 1 heterocycles. The first-order chi connectivity index (χ1) is 9.29. The summed E-state index contributed by atoms with van der Waals surface area (Å²) in [5, 5.41) is 19.7. The molecule has 0 aliphatic carbocycles. The second-order valence-electron chi connectivity index (χ2n) is 4.77. The number of fused-ring (bicyclic) bond motifs is 1. The van der Waals surface area contributed by atoms with Gasteiger partial charge in [-0.15, -0.1) is 0 Å². The maximum absolute atomic E-state index is 10.3. The van der Waals surface area contributed by atoms with Gasteiger partial charge in [0.25, 0.3) is 0 Å². The molecule has 3 heteroatoms. The van der Waals surface area contributed by atoms with Crippen LogP contribution < -0.4 is 4.74 Å². The lowest BCUT2D eigenvalue weighted by Crippen LogP contribution is -2.31. The third-order valence-electron chi connectivity index (χ3n) is 3.54. The van der Waals surface area contributed by atoms with Gasteiger partial charge in [0.05, 0.1) is 12.7 Å². The van der Waals surface area contributed by atoms with Crippen LogP contribution in [-0.4, -0.2) is 16.3 Å². The highest BCUT2D eigenvalue weighted by Crippen LogP contribution is 2.36. The summed E-state index contributed by atoms with van der Waals surface area (Å²) in [5.41, 5.74) is 2.67. The molecule has 0 fully saturated rings. The van der Waals surface area contributed by atoms with Gasteiger partial charge in [-0.25, -0.2) is 0 Å². The van der Waals surface area contributed by atoms with E-state index in [9.17, 15) is 10.2 Å². The molecule has 2 atom stereocenters. The van der Waals surface area contributed by atoms with Crippen molar-refractivity contribution in [1.29, 1.82) is 0 Å². The molecule has 3 nitrogen and oxygen atoms in total.